The summed E-state index contributed by atoms with van der Waals surface area (Å²) >= 11 is 5.13. The molecule has 1 unspecified atom stereocenters. The Morgan fingerprint density at radius 1 is 1.20 bits per heavy atom. The van der Waals surface area contributed by atoms with Crippen molar-refractivity contribution < 1.29 is 30.3 Å². The Kier molecular flexibility index (Phi) is 10.7. The number of alkyl halides is 1. The zero-order chi connectivity index (χ0) is 12.5. The zero-order valence-corrected chi connectivity index (χ0v) is 9.13. The number of hydrogen-bond donors (Lipinski definition) is 6. The Bertz CT molecular complexity index is 127. The molecule has 0 aliphatic rings. The van der Waals surface area contributed by atoms with Crippen LogP contribution in [0.15, 0.2) is 0 Å². The summed E-state index contributed by atoms with van der Waals surface area (Å²) in [4.78, 5) is 0. The fraction of sp³-hybridized carbons (Fsp3) is 1.00. The lowest BCUT2D eigenvalue weighted by atomic mass is 10.1. The first-order chi connectivity index (χ1) is 6.81. The minimum Gasteiger partial charge on any atom is -0.394 e. The number of halogens is 1. The third kappa shape index (κ3) is 11.9. The predicted octanol–water partition coefficient (Wildman–Crippen LogP) is -2.48. The van der Waals surface area contributed by atoms with Crippen molar-refractivity contribution in [2.45, 2.75) is 24.5 Å². The first kappa shape index (κ1) is 17.4. The van der Waals surface area contributed by atoms with E-state index < -0.39 is 37.4 Å². The Hall–Kier alpha value is 0.01000. The van der Waals surface area contributed by atoms with E-state index in [-0.39, 0.29) is 0 Å². The fourth-order valence-electron chi connectivity index (χ4n) is 0.318. The van der Waals surface area contributed by atoms with Crippen molar-refractivity contribution in [1.82, 2.24) is 0 Å². The van der Waals surface area contributed by atoms with Gasteiger partial charge < -0.3 is 36.0 Å². The summed E-state index contributed by atoms with van der Waals surface area (Å²) in [6.45, 7) is -1.48. The van der Waals surface area contributed by atoms with Gasteiger partial charge in [0, 0.05) is 0 Å². The minimum atomic E-state index is -1.76. The van der Waals surface area contributed by atoms with Crippen LogP contribution < -0.4 is 5.73 Å². The monoisotopic (exact) mass is 247 g/mol. The molecule has 0 amide bonds. The van der Waals surface area contributed by atoms with Gasteiger partial charge in [-0.2, -0.15) is 0 Å². The molecule has 1 atom stereocenters. The molecule has 0 bridgehead atoms. The molecule has 0 fully saturated rings. The van der Waals surface area contributed by atoms with Crippen molar-refractivity contribution >= 4 is 11.6 Å². The van der Waals surface area contributed by atoms with Crippen LogP contribution in [-0.4, -0.2) is 62.9 Å². The average molecular weight is 248 g/mol. The van der Waals surface area contributed by atoms with Gasteiger partial charge in [0.2, 0.25) is 0 Å². The number of aliphatic hydroxyl groups is 5. The van der Waals surface area contributed by atoms with Crippen LogP contribution >= 0.6 is 11.6 Å². The molecule has 7 nitrogen and oxygen atoms in total. The largest absolute Gasteiger partial charge is 0.394 e. The molecule has 0 aromatic rings. The van der Waals surface area contributed by atoms with Gasteiger partial charge in [0.1, 0.15) is 5.56 Å². The molecule has 0 radical (unpaired) electrons. The number of aliphatic hydroxyl groups excluding tert-OH is 4. The van der Waals surface area contributed by atoms with Crippen LogP contribution in [0.3, 0.4) is 0 Å². The third-order valence-corrected chi connectivity index (χ3v) is 1.36. The Morgan fingerprint density at radius 2 is 1.53 bits per heavy atom. The summed E-state index contributed by atoms with van der Waals surface area (Å²) in [5.41, 5.74) is 3.28. The SMILES string of the molecule is CC(Cl)OC(O)O.NC(CO)(CO)CO. The van der Waals surface area contributed by atoms with Crippen LogP contribution in [0.4, 0.5) is 0 Å². The molecule has 0 aromatic carbocycles. The fourth-order valence-corrected chi connectivity index (χ4v) is 0.410. The second-order valence-corrected chi connectivity index (χ2v) is 3.46. The van der Waals surface area contributed by atoms with Crippen molar-refractivity contribution in [2.24, 2.45) is 5.73 Å². The van der Waals surface area contributed by atoms with Crippen molar-refractivity contribution in [3.8, 4) is 0 Å². The van der Waals surface area contributed by atoms with Gasteiger partial charge in [-0.3, -0.25) is 0 Å². The molecule has 0 saturated heterocycles. The van der Waals surface area contributed by atoms with Crippen molar-refractivity contribution in [2.75, 3.05) is 19.8 Å². The molecule has 0 heterocycles. The smallest absolute Gasteiger partial charge is 0.267 e. The number of rotatable bonds is 5. The van der Waals surface area contributed by atoms with Gasteiger partial charge >= 0.3 is 0 Å². The quantitative estimate of drug-likeness (QED) is 0.234. The van der Waals surface area contributed by atoms with Crippen LogP contribution in [0.5, 0.6) is 0 Å². The van der Waals surface area contributed by atoms with Crippen LogP contribution in [-0.2, 0) is 4.74 Å². The summed E-state index contributed by atoms with van der Waals surface area (Å²) in [5, 5.41) is 41.0. The van der Waals surface area contributed by atoms with E-state index in [2.05, 4.69) is 4.74 Å². The lowest BCUT2D eigenvalue weighted by Crippen LogP contribution is -2.50. The molecule has 0 aliphatic heterocycles. The summed E-state index contributed by atoms with van der Waals surface area (Å²) in [6.07, 6.45) is 0. The molecule has 0 saturated carbocycles. The molecule has 0 aliphatic carbocycles. The minimum absolute atomic E-state index is 0.403. The molecular weight excluding hydrogens is 230 g/mol. The van der Waals surface area contributed by atoms with E-state index in [1.165, 1.54) is 6.92 Å². The van der Waals surface area contributed by atoms with Crippen LogP contribution in [0.1, 0.15) is 6.92 Å². The average Bonchev–Trinajstić information content (AvgIpc) is 2.15. The lowest BCUT2D eigenvalue weighted by Gasteiger charge is -2.20. The highest BCUT2D eigenvalue weighted by Crippen LogP contribution is 1.96. The van der Waals surface area contributed by atoms with E-state index >= 15 is 0 Å². The van der Waals surface area contributed by atoms with Gasteiger partial charge in [-0.1, -0.05) is 11.6 Å². The maximum Gasteiger partial charge on any atom is 0.267 e. The van der Waals surface area contributed by atoms with Crippen LogP contribution in [0.25, 0.3) is 0 Å². The van der Waals surface area contributed by atoms with Gasteiger partial charge in [0.15, 0.2) is 0 Å². The van der Waals surface area contributed by atoms with Crippen LogP contribution in [0.2, 0.25) is 0 Å². The molecule has 94 valence electrons. The molecular formula is C7H18ClNO6. The molecule has 8 heteroatoms. The van der Waals surface area contributed by atoms with Gasteiger partial charge in [-0.15, -0.1) is 0 Å². The number of ether oxygens (including phenoxy) is 1. The normalized spacial score (nSPS) is 13.4. The second kappa shape index (κ2) is 9.25. The lowest BCUT2D eigenvalue weighted by molar-refractivity contribution is -0.239. The van der Waals surface area contributed by atoms with Crippen molar-refractivity contribution in [3.63, 3.8) is 0 Å². The van der Waals surface area contributed by atoms with Crippen molar-refractivity contribution in [1.29, 1.82) is 0 Å². The maximum atomic E-state index is 8.34. The van der Waals surface area contributed by atoms with Crippen LogP contribution in [0, 0.1) is 0 Å². The predicted molar refractivity (Wildman–Crippen MR) is 52.8 cm³/mol. The number of hydrogen-bond acceptors (Lipinski definition) is 7. The molecule has 0 aromatic heterocycles. The van der Waals surface area contributed by atoms with Gasteiger partial charge in [0.05, 0.1) is 25.4 Å². The highest BCUT2D eigenvalue weighted by Gasteiger charge is 2.20. The zero-order valence-electron chi connectivity index (χ0n) is 8.38. The van der Waals surface area contributed by atoms with Crippen molar-refractivity contribution in [3.05, 3.63) is 0 Å². The van der Waals surface area contributed by atoms with E-state index in [4.69, 9.17) is 42.9 Å². The topological polar surface area (TPSA) is 136 Å². The first-order valence-corrected chi connectivity index (χ1v) is 4.52. The maximum absolute atomic E-state index is 8.34. The Morgan fingerprint density at radius 3 is 1.53 bits per heavy atom. The van der Waals surface area contributed by atoms with Gasteiger partial charge in [0.25, 0.3) is 6.48 Å². The highest BCUT2D eigenvalue weighted by atomic mass is 35.5. The molecule has 0 spiro atoms. The Labute approximate surface area is 92.7 Å². The third-order valence-electron chi connectivity index (χ3n) is 1.25. The van der Waals surface area contributed by atoms with E-state index in [9.17, 15) is 0 Å². The summed E-state index contributed by atoms with van der Waals surface area (Å²) in [6, 6.07) is 0. The summed E-state index contributed by atoms with van der Waals surface area (Å²) in [7, 11) is 0. The van der Waals surface area contributed by atoms with E-state index in [0.29, 0.717) is 0 Å². The van der Waals surface area contributed by atoms with E-state index in [1.54, 1.807) is 0 Å². The molecule has 15 heavy (non-hydrogen) atoms. The summed E-state index contributed by atoms with van der Waals surface area (Å²) in [5.74, 6) is 0. The highest BCUT2D eigenvalue weighted by molar-refractivity contribution is 6.19. The number of nitrogens with two attached hydrogens (primary N) is 1. The first-order valence-electron chi connectivity index (χ1n) is 4.08. The summed E-state index contributed by atoms with van der Waals surface area (Å²) < 4.78 is 4.13. The molecule has 0 rings (SSSR count). The van der Waals surface area contributed by atoms with E-state index in [0.717, 1.165) is 0 Å². The van der Waals surface area contributed by atoms with E-state index in [1.807, 2.05) is 0 Å². The second-order valence-electron chi connectivity index (χ2n) is 2.84. The Balaban J connectivity index is 0. The molecule has 7 N–H and O–H groups in total. The van der Waals surface area contributed by atoms with Gasteiger partial charge in [-0.25, -0.2) is 0 Å². The van der Waals surface area contributed by atoms with Gasteiger partial charge in [-0.05, 0) is 6.92 Å². The standard InChI is InChI=1S/C4H11NO3.C3H7ClO3/c5-4(1-6,2-7)3-8;1-2(4)7-3(5)6/h6-8H,1-3,5H2;2-3,5-6H,1H3.